The molecule has 1 rings (SSSR count). The Morgan fingerprint density at radius 1 is 1.29 bits per heavy atom. The van der Waals surface area contributed by atoms with E-state index < -0.39 is 0 Å². The van der Waals surface area contributed by atoms with Crippen molar-refractivity contribution in [3.63, 3.8) is 0 Å². The lowest BCUT2D eigenvalue weighted by molar-refractivity contribution is 0.241. The predicted octanol–water partition coefficient (Wildman–Crippen LogP) is 3.57. The molecule has 1 N–H and O–H groups in total. The SMILES string of the molecule is CC(C)CCN(C)C(C)c1cc(F)ccc1O. The minimum Gasteiger partial charge on any atom is -0.508 e. The lowest BCUT2D eigenvalue weighted by atomic mass is 10.0. The molecule has 0 saturated heterocycles. The Bertz CT molecular complexity index is 365. The Morgan fingerprint density at radius 2 is 1.94 bits per heavy atom. The number of benzene rings is 1. The first kappa shape index (κ1) is 14.0. The van der Waals surface area contributed by atoms with Gasteiger partial charge in [-0.1, -0.05) is 13.8 Å². The van der Waals surface area contributed by atoms with Crippen molar-refractivity contribution in [2.24, 2.45) is 5.92 Å². The van der Waals surface area contributed by atoms with Crippen LogP contribution in [0.5, 0.6) is 5.75 Å². The number of halogens is 1. The van der Waals surface area contributed by atoms with Crippen LogP contribution in [-0.4, -0.2) is 23.6 Å². The summed E-state index contributed by atoms with van der Waals surface area (Å²) >= 11 is 0. The Hall–Kier alpha value is -1.09. The fourth-order valence-corrected chi connectivity index (χ4v) is 1.75. The van der Waals surface area contributed by atoms with Gasteiger partial charge in [-0.3, -0.25) is 4.90 Å². The first-order chi connectivity index (χ1) is 7.91. The average Bonchev–Trinajstić information content (AvgIpc) is 2.28. The van der Waals surface area contributed by atoms with Crippen molar-refractivity contribution in [3.05, 3.63) is 29.6 Å². The minimum atomic E-state index is -0.304. The first-order valence-corrected chi connectivity index (χ1v) is 6.10. The molecule has 1 unspecified atom stereocenters. The molecule has 96 valence electrons. The largest absolute Gasteiger partial charge is 0.508 e. The molecule has 0 fully saturated rings. The van der Waals surface area contributed by atoms with E-state index in [2.05, 4.69) is 18.7 Å². The third-order valence-electron chi connectivity index (χ3n) is 3.16. The molecule has 1 aromatic rings. The second-order valence-electron chi connectivity index (χ2n) is 5.04. The molecule has 2 nitrogen and oxygen atoms in total. The van der Waals surface area contributed by atoms with Crippen LogP contribution in [-0.2, 0) is 0 Å². The molecule has 17 heavy (non-hydrogen) atoms. The molecule has 0 aliphatic rings. The highest BCUT2D eigenvalue weighted by atomic mass is 19.1. The second-order valence-corrected chi connectivity index (χ2v) is 5.04. The number of nitrogens with zero attached hydrogens (tertiary/aromatic N) is 1. The van der Waals surface area contributed by atoms with Crippen molar-refractivity contribution in [1.29, 1.82) is 0 Å². The molecule has 0 saturated carbocycles. The van der Waals surface area contributed by atoms with Gasteiger partial charge in [-0.05, 0) is 51.1 Å². The van der Waals surface area contributed by atoms with Gasteiger partial charge in [0.25, 0.3) is 0 Å². The van der Waals surface area contributed by atoms with Crippen LogP contribution in [0.2, 0.25) is 0 Å². The second kappa shape index (κ2) is 6.01. The van der Waals surface area contributed by atoms with Gasteiger partial charge in [0.05, 0.1) is 0 Å². The Balaban J connectivity index is 2.74. The fourth-order valence-electron chi connectivity index (χ4n) is 1.75. The number of phenolic OH excluding ortho intramolecular Hbond substituents is 1. The summed E-state index contributed by atoms with van der Waals surface area (Å²) < 4.78 is 13.2. The van der Waals surface area contributed by atoms with E-state index in [1.807, 2.05) is 14.0 Å². The maximum atomic E-state index is 13.2. The van der Waals surface area contributed by atoms with Crippen molar-refractivity contribution in [1.82, 2.24) is 4.90 Å². The fraction of sp³-hybridized carbons (Fsp3) is 0.571. The lowest BCUT2D eigenvalue weighted by Crippen LogP contribution is -2.24. The van der Waals surface area contributed by atoms with E-state index in [-0.39, 0.29) is 17.6 Å². The summed E-state index contributed by atoms with van der Waals surface area (Å²) in [6.45, 7) is 7.28. The van der Waals surface area contributed by atoms with Crippen molar-refractivity contribution in [2.75, 3.05) is 13.6 Å². The first-order valence-electron chi connectivity index (χ1n) is 6.10. The highest BCUT2D eigenvalue weighted by molar-refractivity contribution is 5.34. The standard InChI is InChI=1S/C14H22FNO/c1-10(2)7-8-16(4)11(3)13-9-12(15)5-6-14(13)17/h5-6,9-11,17H,7-8H2,1-4H3. The van der Waals surface area contributed by atoms with Crippen LogP contribution in [0.4, 0.5) is 4.39 Å². The Morgan fingerprint density at radius 3 is 2.53 bits per heavy atom. The minimum absolute atomic E-state index is 0.0180. The van der Waals surface area contributed by atoms with Gasteiger partial charge in [-0.15, -0.1) is 0 Å². The predicted molar refractivity (Wildman–Crippen MR) is 68.6 cm³/mol. The molecule has 0 aromatic heterocycles. The average molecular weight is 239 g/mol. The van der Waals surface area contributed by atoms with Gasteiger partial charge >= 0.3 is 0 Å². The van der Waals surface area contributed by atoms with Crippen molar-refractivity contribution in [2.45, 2.75) is 33.2 Å². The summed E-state index contributed by atoms with van der Waals surface area (Å²) in [5, 5.41) is 9.74. The Kier molecular flexibility index (Phi) is 4.94. The molecule has 0 heterocycles. The summed E-state index contributed by atoms with van der Waals surface area (Å²) in [5.41, 5.74) is 0.649. The molecule has 0 spiro atoms. The van der Waals surface area contributed by atoms with E-state index in [1.54, 1.807) is 0 Å². The van der Waals surface area contributed by atoms with Gasteiger partial charge in [-0.25, -0.2) is 4.39 Å². The number of aromatic hydroxyl groups is 1. The lowest BCUT2D eigenvalue weighted by Gasteiger charge is -2.26. The van der Waals surface area contributed by atoms with Crippen molar-refractivity contribution < 1.29 is 9.50 Å². The van der Waals surface area contributed by atoms with Crippen LogP contribution in [0.25, 0.3) is 0 Å². The topological polar surface area (TPSA) is 23.5 Å². The van der Waals surface area contributed by atoms with E-state index >= 15 is 0 Å². The maximum absolute atomic E-state index is 13.2. The van der Waals surface area contributed by atoms with Gasteiger partial charge in [-0.2, -0.15) is 0 Å². The molecule has 0 aliphatic heterocycles. The molecule has 1 atom stereocenters. The third-order valence-corrected chi connectivity index (χ3v) is 3.16. The molecule has 3 heteroatoms. The molecule has 1 aromatic carbocycles. The van der Waals surface area contributed by atoms with Crippen LogP contribution < -0.4 is 0 Å². The van der Waals surface area contributed by atoms with Crippen LogP contribution >= 0.6 is 0 Å². The van der Waals surface area contributed by atoms with Gasteiger partial charge in [0.1, 0.15) is 11.6 Å². The van der Waals surface area contributed by atoms with Crippen LogP contribution in [0.3, 0.4) is 0 Å². The van der Waals surface area contributed by atoms with E-state index in [4.69, 9.17) is 0 Å². The van der Waals surface area contributed by atoms with E-state index in [1.165, 1.54) is 18.2 Å². The molecule has 0 radical (unpaired) electrons. The van der Waals surface area contributed by atoms with Gasteiger partial charge < -0.3 is 5.11 Å². The zero-order chi connectivity index (χ0) is 13.0. The van der Waals surface area contributed by atoms with E-state index in [0.29, 0.717) is 11.5 Å². The van der Waals surface area contributed by atoms with E-state index in [0.717, 1.165) is 13.0 Å². The zero-order valence-electron chi connectivity index (χ0n) is 11.1. The maximum Gasteiger partial charge on any atom is 0.123 e. The smallest absolute Gasteiger partial charge is 0.123 e. The van der Waals surface area contributed by atoms with Crippen molar-refractivity contribution >= 4 is 0 Å². The molecule has 0 amide bonds. The summed E-state index contributed by atoms with van der Waals surface area (Å²) in [7, 11) is 2.00. The number of rotatable bonds is 5. The third kappa shape index (κ3) is 4.00. The van der Waals surface area contributed by atoms with Gasteiger partial charge in [0.2, 0.25) is 0 Å². The van der Waals surface area contributed by atoms with E-state index in [9.17, 15) is 9.50 Å². The highest BCUT2D eigenvalue weighted by Gasteiger charge is 2.16. The number of phenols is 1. The number of hydrogen-bond acceptors (Lipinski definition) is 2. The number of hydrogen-bond donors (Lipinski definition) is 1. The Labute approximate surface area is 103 Å². The van der Waals surface area contributed by atoms with Crippen LogP contribution in [0, 0.1) is 11.7 Å². The summed E-state index contributed by atoms with van der Waals surface area (Å²) in [6, 6.07) is 4.12. The van der Waals surface area contributed by atoms with Gasteiger partial charge in [0, 0.05) is 11.6 Å². The monoisotopic (exact) mass is 239 g/mol. The summed E-state index contributed by atoms with van der Waals surface area (Å²) in [6.07, 6.45) is 1.09. The molecule has 0 bridgehead atoms. The zero-order valence-corrected chi connectivity index (χ0v) is 11.1. The van der Waals surface area contributed by atoms with Crippen LogP contribution in [0.15, 0.2) is 18.2 Å². The summed E-state index contributed by atoms with van der Waals surface area (Å²) in [4.78, 5) is 2.13. The molecule has 0 aliphatic carbocycles. The summed E-state index contributed by atoms with van der Waals surface area (Å²) in [5.74, 6) is 0.503. The normalized spacial score (nSPS) is 13.4. The quantitative estimate of drug-likeness (QED) is 0.849. The van der Waals surface area contributed by atoms with Crippen molar-refractivity contribution in [3.8, 4) is 5.75 Å². The van der Waals surface area contributed by atoms with Gasteiger partial charge in [0.15, 0.2) is 0 Å². The van der Waals surface area contributed by atoms with Crippen LogP contribution in [0.1, 0.15) is 38.8 Å². The molecular formula is C14H22FNO. The molecular weight excluding hydrogens is 217 g/mol. The highest BCUT2D eigenvalue weighted by Crippen LogP contribution is 2.28.